The normalized spacial score (nSPS) is 12.9. The predicted molar refractivity (Wildman–Crippen MR) is 82.8 cm³/mol. The molecule has 4 rings (SSSR count). The van der Waals surface area contributed by atoms with Crippen LogP contribution in [0, 0.1) is 13.8 Å². The van der Waals surface area contributed by atoms with Crippen molar-refractivity contribution in [2.75, 3.05) is 6.79 Å². The zero-order valence-corrected chi connectivity index (χ0v) is 12.0. The number of nitrogens with zero attached hydrogens (tertiary/aromatic N) is 1. The van der Waals surface area contributed by atoms with Crippen LogP contribution in [0.1, 0.15) is 11.1 Å². The molecule has 1 aliphatic rings. The van der Waals surface area contributed by atoms with E-state index in [2.05, 4.69) is 32.0 Å². The average molecular weight is 277 g/mol. The molecule has 0 radical (unpaired) electrons. The molecule has 1 aromatic heterocycles. The van der Waals surface area contributed by atoms with Crippen molar-refractivity contribution in [2.24, 2.45) is 0 Å². The Hall–Kier alpha value is -2.55. The Morgan fingerprint density at radius 1 is 0.905 bits per heavy atom. The molecule has 21 heavy (non-hydrogen) atoms. The van der Waals surface area contributed by atoms with Gasteiger partial charge >= 0.3 is 0 Å². The van der Waals surface area contributed by atoms with Gasteiger partial charge in [-0.1, -0.05) is 24.3 Å². The first-order valence-electron chi connectivity index (χ1n) is 6.99. The van der Waals surface area contributed by atoms with Gasteiger partial charge in [-0.2, -0.15) is 0 Å². The highest BCUT2D eigenvalue weighted by atomic mass is 16.7. The van der Waals surface area contributed by atoms with Crippen LogP contribution in [-0.2, 0) is 0 Å². The van der Waals surface area contributed by atoms with E-state index < -0.39 is 0 Å². The van der Waals surface area contributed by atoms with Crippen LogP contribution in [0.3, 0.4) is 0 Å². The van der Waals surface area contributed by atoms with Gasteiger partial charge in [0, 0.05) is 17.0 Å². The van der Waals surface area contributed by atoms with Crippen molar-refractivity contribution in [1.29, 1.82) is 0 Å². The van der Waals surface area contributed by atoms with E-state index in [4.69, 9.17) is 14.5 Å². The number of aryl methyl sites for hydroxylation is 2. The zero-order chi connectivity index (χ0) is 14.4. The summed E-state index contributed by atoms with van der Waals surface area (Å²) in [7, 11) is 0. The number of pyridine rings is 1. The minimum atomic E-state index is 0.287. The quantitative estimate of drug-likeness (QED) is 0.666. The van der Waals surface area contributed by atoms with Crippen LogP contribution in [0.5, 0.6) is 11.5 Å². The molecule has 0 saturated heterocycles. The lowest BCUT2D eigenvalue weighted by Crippen LogP contribution is -1.92. The van der Waals surface area contributed by atoms with Crippen LogP contribution in [0.4, 0.5) is 0 Å². The van der Waals surface area contributed by atoms with Crippen LogP contribution < -0.4 is 9.47 Å². The van der Waals surface area contributed by atoms with Crippen LogP contribution in [0.25, 0.3) is 22.2 Å². The SMILES string of the molecule is Cc1ccccc1-c1cc(C)c2cc3c(cc2n1)OCO3. The zero-order valence-electron chi connectivity index (χ0n) is 12.0. The summed E-state index contributed by atoms with van der Waals surface area (Å²) in [4.78, 5) is 4.81. The molecule has 0 unspecified atom stereocenters. The molecule has 0 amide bonds. The molecule has 0 atom stereocenters. The molecule has 0 N–H and O–H groups in total. The first-order chi connectivity index (χ1) is 10.2. The monoisotopic (exact) mass is 277 g/mol. The minimum absolute atomic E-state index is 0.287. The number of benzene rings is 2. The lowest BCUT2D eigenvalue weighted by Gasteiger charge is -2.09. The van der Waals surface area contributed by atoms with Crippen molar-refractivity contribution < 1.29 is 9.47 Å². The number of fused-ring (bicyclic) bond motifs is 2. The van der Waals surface area contributed by atoms with E-state index in [-0.39, 0.29) is 6.79 Å². The van der Waals surface area contributed by atoms with E-state index in [0.717, 1.165) is 28.1 Å². The van der Waals surface area contributed by atoms with Crippen LogP contribution >= 0.6 is 0 Å². The van der Waals surface area contributed by atoms with E-state index in [1.165, 1.54) is 16.7 Å². The molecule has 0 aliphatic carbocycles. The molecule has 3 heteroatoms. The van der Waals surface area contributed by atoms with Gasteiger partial charge in [-0.05, 0) is 37.1 Å². The summed E-state index contributed by atoms with van der Waals surface area (Å²) in [6, 6.07) is 14.4. The number of ether oxygens (including phenoxy) is 2. The molecule has 2 aromatic carbocycles. The Kier molecular flexibility index (Phi) is 2.61. The van der Waals surface area contributed by atoms with Crippen molar-refractivity contribution in [3.05, 3.63) is 53.6 Å². The second kappa shape index (κ2) is 4.48. The number of hydrogen-bond acceptors (Lipinski definition) is 3. The van der Waals surface area contributed by atoms with Crippen LogP contribution in [-0.4, -0.2) is 11.8 Å². The van der Waals surface area contributed by atoms with Gasteiger partial charge in [0.05, 0.1) is 11.2 Å². The first kappa shape index (κ1) is 12.2. The molecule has 3 aromatic rings. The number of aromatic nitrogens is 1. The third-order valence-electron chi connectivity index (χ3n) is 3.93. The third-order valence-corrected chi connectivity index (χ3v) is 3.93. The van der Waals surface area contributed by atoms with Crippen LogP contribution in [0.15, 0.2) is 42.5 Å². The molecule has 2 heterocycles. The van der Waals surface area contributed by atoms with Gasteiger partial charge in [0.2, 0.25) is 6.79 Å². The number of hydrogen-bond donors (Lipinski definition) is 0. The highest BCUT2D eigenvalue weighted by Crippen LogP contribution is 2.37. The summed E-state index contributed by atoms with van der Waals surface area (Å²) >= 11 is 0. The summed E-state index contributed by atoms with van der Waals surface area (Å²) in [6.07, 6.45) is 0. The maximum atomic E-state index is 5.45. The fraction of sp³-hybridized carbons (Fsp3) is 0.167. The highest BCUT2D eigenvalue weighted by molar-refractivity contribution is 5.88. The van der Waals surface area contributed by atoms with E-state index in [1.807, 2.05) is 24.3 Å². The van der Waals surface area contributed by atoms with Gasteiger partial charge in [0.15, 0.2) is 11.5 Å². The van der Waals surface area contributed by atoms with Crippen molar-refractivity contribution in [3.8, 4) is 22.8 Å². The Labute approximate surface area is 123 Å². The van der Waals surface area contributed by atoms with Gasteiger partial charge in [-0.15, -0.1) is 0 Å². The molecule has 104 valence electrons. The van der Waals surface area contributed by atoms with E-state index in [0.29, 0.717) is 0 Å². The fourth-order valence-corrected chi connectivity index (χ4v) is 2.78. The van der Waals surface area contributed by atoms with E-state index in [9.17, 15) is 0 Å². The van der Waals surface area contributed by atoms with Crippen molar-refractivity contribution >= 4 is 10.9 Å². The predicted octanol–water partition coefficient (Wildman–Crippen LogP) is 4.25. The number of rotatable bonds is 1. The maximum Gasteiger partial charge on any atom is 0.231 e. The molecule has 3 nitrogen and oxygen atoms in total. The molecule has 1 aliphatic heterocycles. The summed E-state index contributed by atoms with van der Waals surface area (Å²) in [6.45, 7) is 4.50. The minimum Gasteiger partial charge on any atom is -0.454 e. The lowest BCUT2D eigenvalue weighted by atomic mass is 10.0. The maximum absolute atomic E-state index is 5.45. The smallest absolute Gasteiger partial charge is 0.231 e. The molecule has 0 fully saturated rings. The Bertz CT molecular complexity index is 855. The summed E-state index contributed by atoms with van der Waals surface area (Å²) in [5, 5.41) is 1.11. The largest absolute Gasteiger partial charge is 0.454 e. The molecular weight excluding hydrogens is 262 g/mol. The molecular formula is C18H15NO2. The topological polar surface area (TPSA) is 31.4 Å². The fourth-order valence-electron chi connectivity index (χ4n) is 2.78. The highest BCUT2D eigenvalue weighted by Gasteiger charge is 2.16. The van der Waals surface area contributed by atoms with Crippen molar-refractivity contribution in [2.45, 2.75) is 13.8 Å². The lowest BCUT2D eigenvalue weighted by molar-refractivity contribution is 0.174. The van der Waals surface area contributed by atoms with Gasteiger partial charge in [0.25, 0.3) is 0 Å². The Morgan fingerprint density at radius 2 is 1.67 bits per heavy atom. The summed E-state index contributed by atoms with van der Waals surface area (Å²) in [5.41, 5.74) is 5.52. The molecule has 0 bridgehead atoms. The second-order valence-corrected chi connectivity index (χ2v) is 5.36. The summed E-state index contributed by atoms with van der Waals surface area (Å²) in [5.74, 6) is 1.58. The third kappa shape index (κ3) is 1.93. The molecule has 0 spiro atoms. The Morgan fingerprint density at radius 3 is 2.48 bits per heavy atom. The Balaban J connectivity index is 1.97. The van der Waals surface area contributed by atoms with Gasteiger partial charge in [0.1, 0.15) is 0 Å². The summed E-state index contributed by atoms with van der Waals surface area (Å²) < 4.78 is 10.9. The van der Waals surface area contributed by atoms with Gasteiger partial charge < -0.3 is 9.47 Å². The first-order valence-corrected chi connectivity index (χ1v) is 6.99. The van der Waals surface area contributed by atoms with Crippen LogP contribution in [0.2, 0.25) is 0 Å². The van der Waals surface area contributed by atoms with Crippen molar-refractivity contribution in [1.82, 2.24) is 4.98 Å². The standard InChI is InChI=1S/C18H15NO2/c1-11-5-3-4-6-13(11)15-7-12(2)14-8-17-18(21-10-20-17)9-16(14)19-15/h3-9H,10H2,1-2H3. The molecule has 0 saturated carbocycles. The van der Waals surface area contributed by atoms with Crippen molar-refractivity contribution in [3.63, 3.8) is 0 Å². The van der Waals surface area contributed by atoms with E-state index >= 15 is 0 Å². The second-order valence-electron chi connectivity index (χ2n) is 5.36. The average Bonchev–Trinajstić information content (AvgIpc) is 2.93. The van der Waals surface area contributed by atoms with E-state index in [1.54, 1.807) is 0 Å². The van der Waals surface area contributed by atoms with Gasteiger partial charge in [-0.3, -0.25) is 0 Å². The van der Waals surface area contributed by atoms with Gasteiger partial charge in [-0.25, -0.2) is 4.98 Å².